The van der Waals surface area contributed by atoms with E-state index < -0.39 is 23.7 Å². The Hall–Kier alpha value is -0.800. The number of halogens is 3. The summed E-state index contributed by atoms with van der Waals surface area (Å²) >= 11 is 0. The first kappa shape index (κ1) is 16.3. The molecule has 1 aliphatic heterocycles. The van der Waals surface area contributed by atoms with Crippen molar-refractivity contribution in [2.24, 2.45) is 5.41 Å². The molecule has 0 saturated carbocycles. The molecule has 0 amide bonds. The second-order valence-corrected chi connectivity index (χ2v) is 5.83. The van der Waals surface area contributed by atoms with E-state index >= 15 is 0 Å². The van der Waals surface area contributed by atoms with Crippen molar-refractivity contribution in [3.63, 3.8) is 0 Å². The van der Waals surface area contributed by atoms with Gasteiger partial charge >= 0.3 is 6.18 Å². The Kier molecular flexibility index (Phi) is 5.22. The van der Waals surface area contributed by atoms with Gasteiger partial charge in [0.2, 0.25) is 0 Å². The van der Waals surface area contributed by atoms with Crippen LogP contribution >= 0.6 is 0 Å². The highest BCUT2D eigenvalue weighted by Crippen LogP contribution is 2.31. The Bertz CT molecular complexity index is 336. The fourth-order valence-corrected chi connectivity index (χ4v) is 2.49. The molecule has 1 fully saturated rings. The highest BCUT2D eigenvalue weighted by Gasteiger charge is 2.46. The fourth-order valence-electron chi connectivity index (χ4n) is 2.49. The zero-order chi connectivity index (χ0) is 14.7. The topological polar surface area (TPSA) is 47.3 Å². The van der Waals surface area contributed by atoms with Crippen LogP contribution in [0.1, 0.15) is 39.5 Å². The van der Waals surface area contributed by atoms with Crippen LogP contribution in [-0.4, -0.2) is 41.4 Å². The molecule has 0 radical (unpaired) electrons. The van der Waals surface area contributed by atoms with Crippen LogP contribution in [0, 0.1) is 16.7 Å². The summed E-state index contributed by atoms with van der Waals surface area (Å²) in [5.41, 5.74) is -0.447. The average Bonchev–Trinajstić information content (AvgIpc) is 2.75. The molecule has 1 N–H and O–H groups in total. The third kappa shape index (κ3) is 4.66. The maximum Gasteiger partial charge on any atom is 0.415 e. The van der Waals surface area contributed by atoms with Crippen molar-refractivity contribution in [3.8, 4) is 6.07 Å². The minimum Gasteiger partial charge on any atom is -0.382 e. The van der Waals surface area contributed by atoms with E-state index in [1.54, 1.807) is 4.90 Å². The zero-order valence-electron chi connectivity index (χ0n) is 11.4. The Morgan fingerprint density at radius 3 is 2.58 bits per heavy atom. The summed E-state index contributed by atoms with van der Waals surface area (Å²) in [6, 6.07) is 1.35. The summed E-state index contributed by atoms with van der Waals surface area (Å²) in [5, 5.41) is 18.2. The van der Waals surface area contributed by atoms with Crippen LogP contribution in [0.3, 0.4) is 0 Å². The second kappa shape index (κ2) is 6.10. The lowest BCUT2D eigenvalue weighted by Crippen LogP contribution is -2.47. The summed E-state index contributed by atoms with van der Waals surface area (Å²) in [6.07, 6.45) is -4.45. The van der Waals surface area contributed by atoms with Crippen LogP contribution in [0.25, 0.3) is 0 Å². The van der Waals surface area contributed by atoms with Crippen molar-refractivity contribution < 1.29 is 18.3 Å². The number of nitriles is 1. The molecule has 3 nitrogen and oxygen atoms in total. The number of aliphatic hydroxyl groups is 1. The molecule has 6 heteroatoms. The third-order valence-electron chi connectivity index (χ3n) is 3.66. The molecule has 1 saturated heterocycles. The number of hydrogen-bond acceptors (Lipinski definition) is 3. The van der Waals surface area contributed by atoms with E-state index in [4.69, 9.17) is 5.26 Å². The van der Waals surface area contributed by atoms with E-state index in [1.165, 1.54) is 0 Å². The minimum absolute atomic E-state index is 0.377. The van der Waals surface area contributed by atoms with Gasteiger partial charge < -0.3 is 5.11 Å². The van der Waals surface area contributed by atoms with Gasteiger partial charge in [0.1, 0.15) is 0 Å². The van der Waals surface area contributed by atoms with Gasteiger partial charge in [0, 0.05) is 6.04 Å². The van der Waals surface area contributed by atoms with E-state index in [2.05, 4.69) is 6.07 Å². The van der Waals surface area contributed by atoms with Crippen molar-refractivity contribution in [1.29, 1.82) is 5.26 Å². The molecule has 0 aromatic carbocycles. The molecule has 0 unspecified atom stereocenters. The van der Waals surface area contributed by atoms with Crippen molar-refractivity contribution in [2.45, 2.75) is 57.9 Å². The molecule has 0 aromatic heterocycles. The average molecular weight is 278 g/mol. The summed E-state index contributed by atoms with van der Waals surface area (Å²) in [5.74, 6) is 0. The van der Waals surface area contributed by atoms with Gasteiger partial charge in [0.25, 0.3) is 0 Å². The summed E-state index contributed by atoms with van der Waals surface area (Å²) in [6.45, 7) is 4.73. The van der Waals surface area contributed by atoms with Crippen LogP contribution < -0.4 is 0 Å². The largest absolute Gasteiger partial charge is 0.415 e. The number of aliphatic hydroxyl groups excluding tert-OH is 1. The smallest absolute Gasteiger partial charge is 0.382 e. The van der Waals surface area contributed by atoms with Gasteiger partial charge in [0.05, 0.1) is 11.5 Å². The lowest BCUT2D eigenvalue weighted by molar-refractivity contribution is -0.219. The van der Waals surface area contributed by atoms with E-state index in [1.807, 2.05) is 13.8 Å². The SMILES string of the molecule is CC(C)(C#N)CCCN1CCC[C@@H]1[C@H](O)C(F)(F)F. The molecule has 1 rings (SSSR count). The molecule has 19 heavy (non-hydrogen) atoms. The number of nitrogens with zero attached hydrogens (tertiary/aromatic N) is 2. The molecule has 110 valence electrons. The van der Waals surface area contributed by atoms with Gasteiger partial charge in [-0.05, 0) is 52.6 Å². The van der Waals surface area contributed by atoms with E-state index in [0.717, 1.165) is 0 Å². The first-order valence-electron chi connectivity index (χ1n) is 6.57. The minimum atomic E-state index is -4.56. The molecule has 2 atom stereocenters. The summed E-state index contributed by atoms with van der Waals surface area (Å²) < 4.78 is 37.6. The van der Waals surface area contributed by atoms with E-state index in [0.29, 0.717) is 38.8 Å². The molecular formula is C13H21F3N2O. The molecule has 0 bridgehead atoms. The molecule has 0 aromatic rings. The van der Waals surface area contributed by atoms with Gasteiger partial charge in [0.15, 0.2) is 6.10 Å². The first-order chi connectivity index (χ1) is 8.67. The van der Waals surface area contributed by atoms with E-state index in [-0.39, 0.29) is 0 Å². The molecule has 1 aliphatic rings. The van der Waals surface area contributed by atoms with E-state index in [9.17, 15) is 18.3 Å². The monoisotopic (exact) mass is 278 g/mol. The van der Waals surface area contributed by atoms with Gasteiger partial charge in [-0.2, -0.15) is 18.4 Å². The molecule has 0 spiro atoms. The van der Waals surface area contributed by atoms with Crippen LogP contribution in [0.5, 0.6) is 0 Å². The summed E-state index contributed by atoms with van der Waals surface area (Å²) in [4.78, 5) is 1.70. The van der Waals surface area contributed by atoms with Gasteiger partial charge in [-0.15, -0.1) is 0 Å². The molecule has 1 heterocycles. The van der Waals surface area contributed by atoms with Gasteiger partial charge in [-0.25, -0.2) is 0 Å². The van der Waals surface area contributed by atoms with Crippen LogP contribution in [-0.2, 0) is 0 Å². The fraction of sp³-hybridized carbons (Fsp3) is 0.923. The standard InChI is InChI=1S/C13H21F3N2O/c1-12(2,9-17)6-4-8-18-7-3-5-10(18)11(19)13(14,15)16/h10-11,19H,3-8H2,1-2H3/t10-,11+/m1/s1. The molecular weight excluding hydrogens is 257 g/mol. The molecule has 0 aliphatic carbocycles. The van der Waals surface area contributed by atoms with Crippen LogP contribution in [0.4, 0.5) is 13.2 Å². The second-order valence-electron chi connectivity index (χ2n) is 5.83. The number of rotatable bonds is 5. The van der Waals surface area contributed by atoms with Gasteiger partial charge in [-0.1, -0.05) is 0 Å². The predicted octanol–water partition coefficient (Wildman–Crippen LogP) is 2.70. The lowest BCUT2D eigenvalue weighted by atomic mass is 9.90. The number of alkyl halides is 3. The Labute approximate surface area is 112 Å². The highest BCUT2D eigenvalue weighted by atomic mass is 19.4. The summed E-state index contributed by atoms with van der Waals surface area (Å²) in [7, 11) is 0. The van der Waals surface area contributed by atoms with Gasteiger partial charge in [-0.3, -0.25) is 4.90 Å². The highest BCUT2D eigenvalue weighted by molar-refractivity contribution is 4.92. The Morgan fingerprint density at radius 1 is 1.42 bits per heavy atom. The van der Waals surface area contributed by atoms with Crippen molar-refractivity contribution in [1.82, 2.24) is 4.90 Å². The van der Waals surface area contributed by atoms with Crippen LogP contribution in [0.15, 0.2) is 0 Å². The number of hydrogen-bond donors (Lipinski definition) is 1. The predicted molar refractivity (Wildman–Crippen MR) is 65.3 cm³/mol. The first-order valence-corrected chi connectivity index (χ1v) is 6.57. The van der Waals surface area contributed by atoms with Crippen molar-refractivity contribution in [3.05, 3.63) is 0 Å². The maximum atomic E-state index is 12.5. The zero-order valence-corrected chi connectivity index (χ0v) is 11.4. The Morgan fingerprint density at radius 2 is 2.05 bits per heavy atom. The van der Waals surface area contributed by atoms with Crippen molar-refractivity contribution in [2.75, 3.05) is 13.1 Å². The van der Waals surface area contributed by atoms with Crippen molar-refractivity contribution >= 4 is 0 Å². The normalized spacial score (nSPS) is 23.3. The quantitative estimate of drug-likeness (QED) is 0.841. The lowest BCUT2D eigenvalue weighted by Gasteiger charge is -2.30. The number of likely N-dealkylation sites (tertiary alicyclic amines) is 1. The van der Waals surface area contributed by atoms with Crippen LogP contribution in [0.2, 0.25) is 0 Å². The Balaban J connectivity index is 2.48. The third-order valence-corrected chi connectivity index (χ3v) is 3.66. The maximum absolute atomic E-state index is 12.5.